The number of anilines is 1. The maximum Gasteiger partial charge on any atom is 0.310 e. The average Bonchev–Trinajstić information content (AvgIpc) is 3.35. The summed E-state index contributed by atoms with van der Waals surface area (Å²) in [7, 11) is 0. The Bertz CT molecular complexity index is 989. The van der Waals surface area contributed by atoms with Crippen LogP contribution in [0.2, 0.25) is 5.02 Å². The predicted molar refractivity (Wildman–Crippen MR) is 136 cm³/mol. The number of thioether (sulfide) groups is 1. The minimum Gasteiger partial charge on any atom is -0.466 e. The van der Waals surface area contributed by atoms with Crippen LogP contribution in [0.25, 0.3) is 0 Å². The van der Waals surface area contributed by atoms with Gasteiger partial charge in [0.2, 0.25) is 11.8 Å². The van der Waals surface area contributed by atoms with Crippen molar-refractivity contribution in [2.75, 3.05) is 18.5 Å². The first-order valence-corrected chi connectivity index (χ1v) is 13.7. The molecule has 3 heterocycles. The number of hydrogen-bond donors (Lipinski definition) is 2. The van der Waals surface area contributed by atoms with Crippen molar-refractivity contribution in [1.29, 1.82) is 0 Å². The second kappa shape index (κ2) is 9.64. The number of ether oxygens (including phenoxy) is 1. The lowest BCUT2D eigenvalue weighted by Crippen LogP contribution is -2.56. The Labute approximate surface area is 217 Å². The number of esters is 1. The first-order valence-electron chi connectivity index (χ1n) is 11.6. The van der Waals surface area contributed by atoms with E-state index in [-0.39, 0.29) is 41.0 Å². The number of likely N-dealkylation sites (tertiary alicyclic amines) is 1. The second-order valence-electron chi connectivity index (χ2n) is 9.58. The third-order valence-corrected chi connectivity index (χ3v) is 10.9. The van der Waals surface area contributed by atoms with Crippen molar-refractivity contribution in [2.24, 2.45) is 17.8 Å². The van der Waals surface area contributed by atoms with Crippen molar-refractivity contribution in [1.82, 2.24) is 4.90 Å². The van der Waals surface area contributed by atoms with E-state index in [1.807, 2.05) is 32.9 Å². The van der Waals surface area contributed by atoms with Gasteiger partial charge in [0, 0.05) is 10.1 Å². The molecule has 186 valence electrons. The van der Waals surface area contributed by atoms with E-state index in [1.54, 1.807) is 13.0 Å². The summed E-state index contributed by atoms with van der Waals surface area (Å²) in [6, 6.07) is 3.93. The Balaban J connectivity index is 1.81. The average molecular weight is 574 g/mol. The van der Waals surface area contributed by atoms with E-state index in [4.69, 9.17) is 16.3 Å². The standard InChI is InChI=1S/C24H30BrClN2O5S/c1-5-33-23(32)16-17-22(31)28(15(10-29)11(2)3)20(24(17)9-13(25)19(16)34-24)21(30)27-18-12(4)7-6-8-14(18)26/h6-8,11,13,15-17,19-20,29H,5,9-10H2,1-4H3,(H,27,30)/t13?,15-,16-,17-,19-,20?,24?/m0/s1. The fourth-order valence-electron chi connectivity index (χ4n) is 5.83. The van der Waals surface area contributed by atoms with Crippen LogP contribution in [0.4, 0.5) is 5.69 Å². The summed E-state index contributed by atoms with van der Waals surface area (Å²) in [5.74, 6) is -2.46. The minimum atomic E-state index is -0.866. The minimum absolute atomic E-state index is 0.0418. The Hall–Kier alpha value is -1.29. The highest BCUT2D eigenvalue weighted by molar-refractivity contribution is 9.09. The maximum absolute atomic E-state index is 14.0. The fourth-order valence-corrected chi connectivity index (χ4v) is 9.69. The highest BCUT2D eigenvalue weighted by Gasteiger charge is 2.76. The molecule has 2 bridgehead atoms. The molecule has 7 atom stereocenters. The van der Waals surface area contributed by atoms with E-state index < -0.39 is 34.6 Å². The number of carbonyl (C=O) groups excluding carboxylic acids is 3. The number of nitrogens with one attached hydrogen (secondary N) is 1. The van der Waals surface area contributed by atoms with E-state index in [2.05, 4.69) is 21.2 Å². The molecule has 34 heavy (non-hydrogen) atoms. The molecule has 1 spiro atoms. The van der Waals surface area contributed by atoms with Gasteiger partial charge in [0.1, 0.15) is 6.04 Å². The second-order valence-corrected chi connectivity index (χ2v) is 12.7. The SMILES string of the molecule is CCOC(=O)[C@H]1[C@H]2C(=O)N([C@@H](CO)C(C)C)C(C(=O)Nc3c(C)cccc3Cl)C23CC(Br)[C@@H]1S3. The Morgan fingerprint density at radius 1 is 1.41 bits per heavy atom. The number of aliphatic hydroxyl groups is 1. The summed E-state index contributed by atoms with van der Waals surface area (Å²) in [6.45, 7) is 7.36. The zero-order valence-electron chi connectivity index (χ0n) is 19.6. The molecule has 1 aromatic carbocycles. The number of carbonyl (C=O) groups is 3. The summed E-state index contributed by atoms with van der Waals surface area (Å²) >= 11 is 11.6. The molecule has 4 rings (SSSR count). The van der Waals surface area contributed by atoms with Crippen molar-refractivity contribution in [3.8, 4) is 0 Å². The molecule has 1 aromatic rings. The number of hydrogen-bond acceptors (Lipinski definition) is 6. The van der Waals surface area contributed by atoms with Crippen LogP contribution in [0.5, 0.6) is 0 Å². The molecule has 3 aliphatic heterocycles. The Kier molecular flexibility index (Phi) is 7.31. The van der Waals surface area contributed by atoms with Gasteiger partial charge in [0.05, 0.1) is 46.5 Å². The number of amides is 2. The zero-order valence-corrected chi connectivity index (χ0v) is 22.7. The van der Waals surface area contributed by atoms with Gasteiger partial charge in [-0.3, -0.25) is 14.4 Å². The Morgan fingerprint density at radius 2 is 2.12 bits per heavy atom. The van der Waals surface area contributed by atoms with Gasteiger partial charge in [0.15, 0.2) is 0 Å². The van der Waals surface area contributed by atoms with Gasteiger partial charge >= 0.3 is 5.97 Å². The molecule has 3 saturated heterocycles. The number of nitrogens with zero attached hydrogens (tertiary/aromatic N) is 1. The van der Waals surface area contributed by atoms with E-state index in [1.165, 1.54) is 16.7 Å². The topological polar surface area (TPSA) is 95.9 Å². The molecule has 7 nitrogen and oxygen atoms in total. The summed E-state index contributed by atoms with van der Waals surface area (Å²) in [6.07, 6.45) is 0.557. The van der Waals surface area contributed by atoms with Crippen LogP contribution >= 0.6 is 39.3 Å². The number of fused-ring (bicyclic) bond motifs is 1. The van der Waals surface area contributed by atoms with Crippen molar-refractivity contribution in [3.63, 3.8) is 0 Å². The Morgan fingerprint density at radius 3 is 2.71 bits per heavy atom. The smallest absolute Gasteiger partial charge is 0.310 e. The molecular weight excluding hydrogens is 544 g/mol. The van der Waals surface area contributed by atoms with E-state index in [9.17, 15) is 19.5 Å². The van der Waals surface area contributed by atoms with Crippen LogP contribution in [0.15, 0.2) is 18.2 Å². The van der Waals surface area contributed by atoms with Gasteiger partial charge in [-0.25, -0.2) is 0 Å². The van der Waals surface area contributed by atoms with Crippen molar-refractivity contribution in [2.45, 2.75) is 61.0 Å². The molecule has 3 aliphatic rings. The number of benzene rings is 1. The van der Waals surface area contributed by atoms with Gasteiger partial charge in [-0.1, -0.05) is 53.5 Å². The molecule has 3 fully saturated rings. The normalized spacial score (nSPS) is 32.8. The van der Waals surface area contributed by atoms with E-state index in [0.717, 1.165) is 5.56 Å². The lowest BCUT2D eigenvalue weighted by molar-refractivity contribution is -0.154. The number of aryl methyl sites for hydroxylation is 1. The molecule has 2 N–H and O–H groups in total. The molecule has 0 aromatic heterocycles. The van der Waals surface area contributed by atoms with Crippen molar-refractivity contribution in [3.05, 3.63) is 28.8 Å². The first-order chi connectivity index (χ1) is 16.1. The number of rotatable bonds is 7. The van der Waals surface area contributed by atoms with Crippen molar-refractivity contribution < 1.29 is 24.2 Å². The lowest BCUT2D eigenvalue weighted by Gasteiger charge is -2.38. The predicted octanol–water partition coefficient (Wildman–Crippen LogP) is 3.63. The summed E-state index contributed by atoms with van der Waals surface area (Å²) in [5, 5.41) is 13.5. The van der Waals surface area contributed by atoms with E-state index in [0.29, 0.717) is 17.1 Å². The largest absolute Gasteiger partial charge is 0.466 e. The quantitative estimate of drug-likeness (QED) is 0.382. The molecule has 0 saturated carbocycles. The van der Waals surface area contributed by atoms with E-state index >= 15 is 0 Å². The zero-order chi connectivity index (χ0) is 24.9. The van der Waals surface area contributed by atoms with Crippen LogP contribution in [0.1, 0.15) is 32.8 Å². The third-order valence-electron chi connectivity index (χ3n) is 7.32. The molecule has 0 aliphatic carbocycles. The summed E-state index contributed by atoms with van der Waals surface area (Å²) in [4.78, 5) is 42.4. The van der Waals surface area contributed by atoms with Crippen LogP contribution in [-0.2, 0) is 19.1 Å². The van der Waals surface area contributed by atoms with Crippen LogP contribution in [-0.4, -0.2) is 67.9 Å². The number of alkyl halides is 1. The highest BCUT2D eigenvalue weighted by Crippen LogP contribution is 2.68. The first kappa shape index (κ1) is 25.8. The monoisotopic (exact) mass is 572 g/mol. The fraction of sp³-hybridized carbons (Fsp3) is 0.625. The van der Waals surface area contributed by atoms with Crippen molar-refractivity contribution >= 4 is 62.8 Å². The summed E-state index contributed by atoms with van der Waals surface area (Å²) in [5.41, 5.74) is 1.31. The molecular formula is C24H30BrClN2O5S. The molecule has 0 radical (unpaired) electrons. The van der Waals surface area contributed by atoms with Gasteiger partial charge in [-0.15, -0.1) is 11.8 Å². The maximum atomic E-state index is 14.0. The highest BCUT2D eigenvalue weighted by atomic mass is 79.9. The van der Waals surface area contributed by atoms with Crippen LogP contribution in [0.3, 0.4) is 0 Å². The van der Waals surface area contributed by atoms with Gasteiger partial charge in [0.25, 0.3) is 0 Å². The lowest BCUT2D eigenvalue weighted by atomic mass is 9.71. The van der Waals surface area contributed by atoms with Gasteiger partial charge in [-0.05, 0) is 37.8 Å². The number of aliphatic hydroxyl groups excluding tert-OH is 1. The third kappa shape index (κ3) is 3.87. The van der Waals surface area contributed by atoms with Crippen LogP contribution in [0, 0.1) is 24.7 Å². The van der Waals surface area contributed by atoms with Gasteiger partial charge < -0.3 is 20.1 Å². The number of halogens is 2. The van der Waals surface area contributed by atoms with Gasteiger partial charge in [-0.2, -0.15) is 0 Å². The molecule has 3 unspecified atom stereocenters. The molecule has 10 heteroatoms. The number of para-hydroxylation sites is 1. The summed E-state index contributed by atoms with van der Waals surface area (Å²) < 4.78 is 4.55. The van der Waals surface area contributed by atoms with Crippen LogP contribution < -0.4 is 5.32 Å². The molecule has 2 amide bonds.